The fourth-order valence-electron chi connectivity index (χ4n) is 3.48. The first-order valence-corrected chi connectivity index (χ1v) is 11.5. The number of rotatable bonds is 8. The number of β-lactam (4-membered cyclic amide) rings is 1. The molecule has 1 aromatic heterocycles. The number of benzene rings is 1. The van der Waals surface area contributed by atoms with Crippen LogP contribution in [0.1, 0.15) is 23.2 Å². The maximum atomic E-state index is 12.7. The quantitative estimate of drug-likeness (QED) is 0.408. The van der Waals surface area contributed by atoms with E-state index in [1.54, 1.807) is 30.3 Å². The highest BCUT2D eigenvalue weighted by molar-refractivity contribution is 8.00. The number of nitrogens with one attached hydrogen (secondary N) is 1. The second-order valence-corrected chi connectivity index (χ2v) is 8.90. The number of carbonyl (C=O) groups excluding carboxylic acids is 3. The second kappa shape index (κ2) is 9.82. The lowest BCUT2D eigenvalue weighted by Gasteiger charge is -2.49. The predicted octanol–water partition coefficient (Wildman–Crippen LogP) is 2.43. The molecule has 1 fully saturated rings. The van der Waals surface area contributed by atoms with Crippen molar-refractivity contribution in [3.63, 3.8) is 0 Å². The van der Waals surface area contributed by atoms with Gasteiger partial charge in [-0.1, -0.05) is 23.7 Å². The van der Waals surface area contributed by atoms with Crippen LogP contribution in [0.2, 0.25) is 5.02 Å². The van der Waals surface area contributed by atoms with E-state index in [0.29, 0.717) is 22.1 Å². The number of carboxylic acid groups (broad SMARTS) is 1. The number of fused-ring (bicyclic) bond motifs is 1. The molecule has 3 heterocycles. The number of amides is 2. The van der Waals surface area contributed by atoms with Crippen LogP contribution >= 0.6 is 23.4 Å². The number of carboxylic acids is 1. The van der Waals surface area contributed by atoms with E-state index in [-0.39, 0.29) is 30.4 Å². The summed E-state index contributed by atoms with van der Waals surface area (Å²) in [5, 5.41) is 12.0. The number of aliphatic carboxylic acids is 1. The minimum atomic E-state index is -1.31. The molecule has 2 atom stereocenters. The molecule has 2 aromatic rings. The summed E-state index contributed by atoms with van der Waals surface area (Å²) >= 11 is 7.32. The number of halogens is 1. The van der Waals surface area contributed by atoms with Gasteiger partial charge in [0, 0.05) is 18.2 Å². The molecule has 178 valence electrons. The molecule has 12 heteroatoms. The molecule has 2 amide bonds. The minimum absolute atomic E-state index is 0.0191. The lowest BCUT2D eigenvalue weighted by atomic mass is 10.0. The third-order valence-corrected chi connectivity index (χ3v) is 6.73. The van der Waals surface area contributed by atoms with Gasteiger partial charge in [0.25, 0.3) is 11.8 Å². The Kier molecular flexibility index (Phi) is 6.85. The zero-order valence-corrected chi connectivity index (χ0v) is 19.4. The van der Waals surface area contributed by atoms with Crippen LogP contribution in [-0.4, -0.2) is 57.5 Å². The summed E-state index contributed by atoms with van der Waals surface area (Å²) in [6.45, 7) is 1.04. The van der Waals surface area contributed by atoms with E-state index in [1.807, 2.05) is 0 Å². The van der Waals surface area contributed by atoms with Gasteiger partial charge in [0.1, 0.15) is 41.8 Å². The van der Waals surface area contributed by atoms with Gasteiger partial charge < -0.3 is 24.3 Å². The highest BCUT2D eigenvalue weighted by Crippen LogP contribution is 2.40. The first kappa shape index (κ1) is 23.7. The summed E-state index contributed by atoms with van der Waals surface area (Å²) in [4.78, 5) is 49.3. The zero-order valence-electron chi connectivity index (χ0n) is 17.8. The summed E-state index contributed by atoms with van der Waals surface area (Å²) in [5.41, 5.74) is 0.0915. The number of para-hydroxylation sites is 1. The molecular formula is C22H19ClN2O8S. The molecule has 1 saturated heterocycles. The Morgan fingerprint density at radius 3 is 2.71 bits per heavy atom. The maximum absolute atomic E-state index is 12.7. The number of hydrogen-bond acceptors (Lipinski definition) is 8. The number of thioether (sulfide) groups is 1. The van der Waals surface area contributed by atoms with Gasteiger partial charge in [0.05, 0.1) is 5.02 Å². The highest BCUT2D eigenvalue weighted by Gasteiger charge is 2.54. The fraction of sp³-hybridized carbons (Fsp3) is 0.273. The molecule has 2 aliphatic heterocycles. The molecule has 0 spiro atoms. The van der Waals surface area contributed by atoms with Gasteiger partial charge in [-0.3, -0.25) is 19.3 Å². The maximum Gasteiger partial charge on any atom is 0.352 e. The first-order valence-electron chi connectivity index (χ1n) is 10.1. The largest absolute Gasteiger partial charge is 0.484 e. The number of esters is 1. The molecule has 0 saturated carbocycles. The Morgan fingerprint density at radius 1 is 1.24 bits per heavy atom. The van der Waals surface area contributed by atoms with Gasteiger partial charge in [-0.15, -0.1) is 11.8 Å². The summed E-state index contributed by atoms with van der Waals surface area (Å²) in [6, 6.07) is 9.03. The first-order chi connectivity index (χ1) is 16.3. The highest BCUT2D eigenvalue weighted by atomic mass is 35.5. The van der Waals surface area contributed by atoms with Crippen LogP contribution in [0.3, 0.4) is 0 Å². The van der Waals surface area contributed by atoms with E-state index in [1.165, 1.54) is 24.8 Å². The van der Waals surface area contributed by atoms with Crippen molar-refractivity contribution in [2.24, 2.45) is 0 Å². The van der Waals surface area contributed by atoms with Crippen molar-refractivity contribution in [2.45, 2.75) is 24.9 Å². The number of hydrogen-bond donors (Lipinski definition) is 2. The Labute approximate surface area is 202 Å². The lowest BCUT2D eigenvalue weighted by molar-refractivity contribution is -0.149. The van der Waals surface area contributed by atoms with E-state index >= 15 is 0 Å². The number of nitrogens with zero attached hydrogens (tertiary/aromatic N) is 1. The number of furan rings is 1. The predicted molar refractivity (Wildman–Crippen MR) is 120 cm³/mol. The van der Waals surface area contributed by atoms with Gasteiger partial charge in [-0.2, -0.15) is 0 Å². The molecule has 0 aliphatic carbocycles. The molecular weight excluding hydrogens is 488 g/mol. The van der Waals surface area contributed by atoms with Crippen molar-refractivity contribution in [1.82, 2.24) is 10.2 Å². The third-order valence-electron chi connectivity index (χ3n) is 5.08. The van der Waals surface area contributed by atoms with E-state index in [0.717, 1.165) is 4.90 Å². The Balaban J connectivity index is 1.39. The molecule has 0 bridgehead atoms. The molecule has 4 rings (SSSR count). The number of carbonyl (C=O) groups is 4. The Hall–Kier alpha value is -3.44. The van der Waals surface area contributed by atoms with E-state index < -0.39 is 35.2 Å². The fourth-order valence-corrected chi connectivity index (χ4v) is 5.00. The van der Waals surface area contributed by atoms with Crippen LogP contribution < -0.4 is 10.1 Å². The molecule has 0 unspecified atom stereocenters. The average Bonchev–Trinajstić information content (AvgIpc) is 3.28. The molecule has 1 aromatic carbocycles. The molecule has 34 heavy (non-hydrogen) atoms. The zero-order chi connectivity index (χ0) is 24.4. The second-order valence-electron chi connectivity index (χ2n) is 7.38. The SMILES string of the molecule is CC(=O)OCC1=C(C(=O)O)N2C(=O)[C@H](NC(=O)c3ccc(COc4ccccc4Cl)o3)[C@H]2SC1. The normalized spacial score (nSPS) is 19.2. The van der Waals surface area contributed by atoms with Crippen molar-refractivity contribution < 1.29 is 38.2 Å². The Bertz CT molecular complexity index is 1190. The summed E-state index contributed by atoms with van der Waals surface area (Å²) in [6.07, 6.45) is 0. The molecule has 0 radical (unpaired) electrons. The summed E-state index contributed by atoms with van der Waals surface area (Å²) < 4.78 is 16.0. The van der Waals surface area contributed by atoms with Crippen LogP contribution in [0, 0.1) is 0 Å². The minimum Gasteiger partial charge on any atom is -0.484 e. The van der Waals surface area contributed by atoms with Crippen LogP contribution in [-0.2, 0) is 25.7 Å². The topological polar surface area (TPSA) is 135 Å². The van der Waals surface area contributed by atoms with Crippen molar-refractivity contribution in [3.05, 3.63) is 64.2 Å². The van der Waals surface area contributed by atoms with Crippen LogP contribution in [0.25, 0.3) is 0 Å². The van der Waals surface area contributed by atoms with Crippen molar-refractivity contribution >= 4 is 47.1 Å². The summed E-state index contributed by atoms with van der Waals surface area (Å²) in [7, 11) is 0. The van der Waals surface area contributed by atoms with Gasteiger partial charge in [-0.25, -0.2) is 4.79 Å². The molecule has 2 N–H and O–H groups in total. The standard InChI is InChI=1S/C22H19ClN2O8S/c1-11(26)31-8-12-10-34-21-17(20(28)25(21)18(12)22(29)30)24-19(27)16-7-6-13(33-16)9-32-15-5-3-2-4-14(15)23/h2-7,17,21H,8-10H2,1H3,(H,24,27)(H,29,30)/t17-,21+/m0/s1. The van der Waals surface area contributed by atoms with Crippen LogP contribution in [0.5, 0.6) is 5.75 Å². The van der Waals surface area contributed by atoms with Crippen molar-refractivity contribution in [2.75, 3.05) is 12.4 Å². The molecule has 10 nitrogen and oxygen atoms in total. The van der Waals surface area contributed by atoms with Crippen molar-refractivity contribution in [3.8, 4) is 5.75 Å². The average molecular weight is 507 g/mol. The van der Waals surface area contributed by atoms with E-state index in [4.69, 9.17) is 25.5 Å². The van der Waals surface area contributed by atoms with Gasteiger partial charge >= 0.3 is 11.9 Å². The van der Waals surface area contributed by atoms with Crippen LogP contribution in [0.4, 0.5) is 0 Å². The number of ether oxygens (including phenoxy) is 2. The van der Waals surface area contributed by atoms with Crippen molar-refractivity contribution in [1.29, 1.82) is 0 Å². The van der Waals surface area contributed by atoms with E-state index in [2.05, 4.69) is 5.32 Å². The van der Waals surface area contributed by atoms with Crippen LogP contribution in [0.15, 0.2) is 52.1 Å². The lowest BCUT2D eigenvalue weighted by Crippen LogP contribution is -2.70. The van der Waals surface area contributed by atoms with Gasteiger partial charge in [0.15, 0.2) is 5.76 Å². The smallest absolute Gasteiger partial charge is 0.352 e. The third kappa shape index (κ3) is 4.75. The van der Waals surface area contributed by atoms with Gasteiger partial charge in [-0.05, 0) is 24.3 Å². The van der Waals surface area contributed by atoms with E-state index in [9.17, 15) is 24.3 Å². The van der Waals surface area contributed by atoms with Gasteiger partial charge in [0.2, 0.25) is 0 Å². The summed E-state index contributed by atoms with van der Waals surface area (Å²) in [5.74, 6) is -1.98. The Morgan fingerprint density at radius 2 is 2.00 bits per heavy atom. The monoisotopic (exact) mass is 506 g/mol. The molecule has 2 aliphatic rings.